The number of rotatable bonds is 6. The van der Waals surface area contributed by atoms with E-state index in [1.54, 1.807) is 11.8 Å². The first-order valence-electron chi connectivity index (χ1n) is 8.06. The van der Waals surface area contributed by atoms with Crippen LogP contribution in [0.5, 0.6) is 0 Å². The number of hydrogen-bond donors (Lipinski definition) is 2. The first-order chi connectivity index (χ1) is 9.67. The number of amides is 1. The summed E-state index contributed by atoms with van der Waals surface area (Å²) in [6.07, 6.45) is 2.79. The molecule has 0 heterocycles. The van der Waals surface area contributed by atoms with Crippen molar-refractivity contribution in [3.8, 4) is 0 Å². The van der Waals surface area contributed by atoms with Crippen molar-refractivity contribution in [2.75, 3.05) is 19.6 Å². The molecule has 1 aliphatic rings. The zero-order chi connectivity index (χ0) is 16.0. The third kappa shape index (κ3) is 7.67. The Labute approximate surface area is 129 Å². The van der Waals surface area contributed by atoms with Crippen molar-refractivity contribution in [2.24, 2.45) is 5.92 Å². The van der Waals surface area contributed by atoms with Crippen LogP contribution in [0.4, 0.5) is 4.79 Å². The topological polar surface area (TPSA) is 61.8 Å². The van der Waals surface area contributed by atoms with E-state index in [0.717, 1.165) is 12.5 Å². The fraction of sp³-hybridized carbons (Fsp3) is 0.938. The van der Waals surface area contributed by atoms with Crippen molar-refractivity contribution in [1.29, 1.82) is 0 Å². The Hall–Kier alpha value is -0.810. The molecule has 1 aliphatic carbocycles. The molecule has 1 amide bonds. The molecule has 5 nitrogen and oxygen atoms in total. The fourth-order valence-corrected chi connectivity index (χ4v) is 2.70. The summed E-state index contributed by atoms with van der Waals surface area (Å²) in [6, 6.07) is 0.562. The van der Waals surface area contributed by atoms with Gasteiger partial charge in [-0.3, -0.25) is 0 Å². The smallest absolute Gasteiger partial charge is 0.410 e. The van der Waals surface area contributed by atoms with Gasteiger partial charge in [0.25, 0.3) is 0 Å². The Morgan fingerprint density at radius 2 is 2.10 bits per heavy atom. The van der Waals surface area contributed by atoms with Gasteiger partial charge in [0, 0.05) is 25.7 Å². The summed E-state index contributed by atoms with van der Waals surface area (Å²) in [4.78, 5) is 13.7. The maximum atomic E-state index is 12.1. The second-order valence-corrected chi connectivity index (χ2v) is 7.34. The van der Waals surface area contributed by atoms with Crippen LogP contribution in [-0.2, 0) is 4.74 Å². The van der Waals surface area contributed by atoms with Gasteiger partial charge in [-0.1, -0.05) is 6.92 Å². The zero-order valence-corrected chi connectivity index (χ0v) is 14.2. The first-order valence-corrected chi connectivity index (χ1v) is 8.06. The molecular formula is C16H32N2O3. The van der Waals surface area contributed by atoms with E-state index in [9.17, 15) is 9.90 Å². The minimum Gasteiger partial charge on any atom is -0.444 e. The second-order valence-electron chi connectivity index (χ2n) is 7.34. The number of ether oxygens (including phenoxy) is 1. The fourth-order valence-electron chi connectivity index (χ4n) is 2.70. The molecule has 0 bridgehead atoms. The van der Waals surface area contributed by atoms with Gasteiger partial charge in [-0.05, 0) is 52.9 Å². The minimum atomic E-state index is -0.552. The van der Waals surface area contributed by atoms with Crippen molar-refractivity contribution in [3.05, 3.63) is 0 Å². The van der Waals surface area contributed by atoms with Crippen molar-refractivity contribution >= 4 is 6.09 Å². The number of aliphatic hydroxyl groups excluding tert-OH is 1. The summed E-state index contributed by atoms with van der Waals surface area (Å²) in [5, 5.41) is 13.0. The molecule has 0 spiro atoms. The number of carbonyl (C=O) groups excluding carboxylic acids is 1. The van der Waals surface area contributed by atoms with Crippen molar-refractivity contribution in [2.45, 2.75) is 71.6 Å². The van der Waals surface area contributed by atoms with E-state index in [2.05, 4.69) is 12.2 Å². The van der Waals surface area contributed by atoms with E-state index in [-0.39, 0.29) is 6.09 Å². The molecule has 5 heteroatoms. The Morgan fingerprint density at radius 1 is 1.43 bits per heavy atom. The van der Waals surface area contributed by atoms with Crippen molar-refractivity contribution in [3.63, 3.8) is 0 Å². The van der Waals surface area contributed by atoms with Gasteiger partial charge in [-0.25, -0.2) is 4.79 Å². The summed E-state index contributed by atoms with van der Waals surface area (Å²) in [5.74, 6) is 0.793. The van der Waals surface area contributed by atoms with Crippen LogP contribution in [0, 0.1) is 5.92 Å². The molecule has 124 valence electrons. The van der Waals surface area contributed by atoms with Crippen molar-refractivity contribution < 1.29 is 14.6 Å². The highest BCUT2D eigenvalue weighted by molar-refractivity contribution is 5.68. The van der Waals surface area contributed by atoms with E-state index in [4.69, 9.17) is 4.74 Å². The van der Waals surface area contributed by atoms with E-state index < -0.39 is 11.7 Å². The van der Waals surface area contributed by atoms with Gasteiger partial charge in [0.1, 0.15) is 5.60 Å². The number of nitrogens with zero attached hydrogens (tertiary/aromatic N) is 1. The average molecular weight is 300 g/mol. The summed E-state index contributed by atoms with van der Waals surface area (Å²) in [7, 11) is 0. The first kappa shape index (κ1) is 18.2. The van der Waals surface area contributed by atoms with E-state index >= 15 is 0 Å². The number of carbonyl (C=O) groups is 1. The van der Waals surface area contributed by atoms with Gasteiger partial charge in [-0.2, -0.15) is 0 Å². The highest BCUT2D eigenvalue weighted by Crippen LogP contribution is 2.24. The van der Waals surface area contributed by atoms with Gasteiger partial charge in [0.2, 0.25) is 0 Å². The quantitative estimate of drug-likeness (QED) is 0.790. The number of nitrogens with one attached hydrogen (secondary N) is 1. The lowest BCUT2D eigenvalue weighted by Gasteiger charge is -2.28. The lowest BCUT2D eigenvalue weighted by atomic mass is 10.1. The third-order valence-corrected chi connectivity index (χ3v) is 3.65. The summed E-state index contributed by atoms with van der Waals surface area (Å²) in [6.45, 7) is 11.1. The molecule has 0 aromatic rings. The Bertz CT molecular complexity index is 326. The molecule has 0 aromatic heterocycles. The molecule has 1 fully saturated rings. The van der Waals surface area contributed by atoms with E-state index in [1.165, 1.54) is 19.3 Å². The normalized spacial score (nSPS) is 23.9. The highest BCUT2D eigenvalue weighted by Gasteiger charge is 2.24. The monoisotopic (exact) mass is 300 g/mol. The summed E-state index contributed by atoms with van der Waals surface area (Å²) in [5.41, 5.74) is -0.512. The predicted molar refractivity (Wildman–Crippen MR) is 84.3 cm³/mol. The molecule has 0 aliphatic heterocycles. The average Bonchev–Trinajstić information content (AvgIpc) is 2.71. The lowest BCUT2D eigenvalue weighted by molar-refractivity contribution is 0.0163. The largest absolute Gasteiger partial charge is 0.444 e. The van der Waals surface area contributed by atoms with Crippen LogP contribution in [0.25, 0.3) is 0 Å². The van der Waals surface area contributed by atoms with Gasteiger partial charge in [-0.15, -0.1) is 0 Å². The van der Waals surface area contributed by atoms with E-state index in [1.807, 2.05) is 20.8 Å². The molecule has 0 saturated heterocycles. The Morgan fingerprint density at radius 3 is 2.57 bits per heavy atom. The molecule has 1 rings (SSSR count). The SMILES string of the molecule is CC(O)CN(CCNC1CCC(C)C1)C(=O)OC(C)(C)C. The maximum Gasteiger partial charge on any atom is 0.410 e. The molecule has 0 aromatic carbocycles. The Kier molecular flexibility index (Phi) is 6.94. The Balaban J connectivity index is 2.40. The molecule has 3 atom stereocenters. The molecular weight excluding hydrogens is 268 g/mol. The second kappa shape index (κ2) is 7.99. The van der Waals surface area contributed by atoms with Crippen LogP contribution in [0.1, 0.15) is 53.9 Å². The molecule has 0 radical (unpaired) electrons. The molecule has 21 heavy (non-hydrogen) atoms. The zero-order valence-electron chi connectivity index (χ0n) is 14.2. The predicted octanol–water partition coefficient (Wildman–Crippen LogP) is 2.38. The molecule has 1 saturated carbocycles. The summed E-state index contributed by atoms with van der Waals surface area (Å²) < 4.78 is 5.39. The number of aliphatic hydroxyl groups is 1. The summed E-state index contributed by atoms with van der Waals surface area (Å²) >= 11 is 0. The van der Waals surface area contributed by atoms with Crippen LogP contribution >= 0.6 is 0 Å². The molecule has 3 unspecified atom stereocenters. The van der Waals surface area contributed by atoms with Gasteiger partial charge < -0.3 is 20.1 Å². The molecule has 2 N–H and O–H groups in total. The van der Waals surface area contributed by atoms with Gasteiger partial charge in [0.15, 0.2) is 0 Å². The van der Waals surface area contributed by atoms with Crippen molar-refractivity contribution in [1.82, 2.24) is 10.2 Å². The van der Waals surface area contributed by atoms with Crippen LogP contribution in [-0.4, -0.2) is 53.5 Å². The van der Waals surface area contributed by atoms with Crippen LogP contribution in [0.15, 0.2) is 0 Å². The van der Waals surface area contributed by atoms with Gasteiger partial charge in [0.05, 0.1) is 6.10 Å². The highest BCUT2D eigenvalue weighted by atomic mass is 16.6. The number of hydrogen-bond acceptors (Lipinski definition) is 4. The van der Waals surface area contributed by atoms with Crippen LogP contribution in [0.2, 0.25) is 0 Å². The minimum absolute atomic E-state index is 0.303. The van der Waals surface area contributed by atoms with Crippen LogP contribution in [0.3, 0.4) is 0 Å². The maximum absolute atomic E-state index is 12.1. The third-order valence-electron chi connectivity index (χ3n) is 3.65. The van der Waals surface area contributed by atoms with E-state index in [0.29, 0.717) is 19.1 Å². The van der Waals surface area contributed by atoms with Gasteiger partial charge >= 0.3 is 6.09 Å². The van der Waals surface area contributed by atoms with Crippen LogP contribution < -0.4 is 5.32 Å². The standard InChI is InChI=1S/C16H32N2O3/c1-12-6-7-14(10-12)17-8-9-18(11-13(2)19)15(20)21-16(3,4)5/h12-14,17,19H,6-11H2,1-5H3. The lowest BCUT2D eigenvalue weighted by Crippen LogP contribution is -2.44.